The number of esters is 2. The van der Waals surface area contributed by atoms with Crippen molar-refractivity contribution < 1.29 is 28.2 Å². The van der Waals surface area contributed by atoms with Crippen molar-refractivity contribution in [2.45, 2.75) is 5.92 Å². The van der Waals surface area contributed by atoms with Crippen molar-refractivity contribution in [1.82, 2.24) is 4.98 Å². The molecule has 40 heavy (non-hydrogen) atoms. The third kappa shape index (κ3) is 4.65. The number of aromatic nitrogens is 1. The Morgan fingerprint density at radius 2 is 1.77 bits per heavy atom. The first-order chi connectivity index (χ1) is 19.5. The highest BCUT2D eigenvalue weighted by molar-refractivity contribution is 6.07. The highest BCUT2D eigenvalue weighted by atomic mass is 16.5. The Kier molecular flexibility index (Phi) is 7.52. The van der Waals surface area contributed by atoms with Gasteiger partial charge in [-0.1, -0.05) is 30.3 Å². The normalized spacial score (nSPS) is 17.5. The minimum atomic E-state index is -0.965. The van der Waals surface area contributed by atoms with Gasteiger partial charge < -0.3 is 29.3 Å². The van der Waals surface area contributed by atoms with Crippen molar-refractivity contribution in [2.75, 3.05) is 50.3 Å². The van der Waals surface area contributed by atoms with Gasteiger partial charge in [0.25, 0.3) is 0 Å². The number of morpholine rings is 1. The molecule has 2 aliphatic rings. The minimum Gasteiger partial charge on any atom is -0.466 e. The summed E-state index contributed by atoms with van der Waals surface area (Å²) in [6.45, 7) is 2.15. The fourth-order valence-electron chi connectivity index (χ4n) is 5.05. The number of carbonyl (C=O) groups excluding carboxylic acids is 2. The van der Waals surface area contributed by atoms with E-state index in [1.807, 2.05) is 18.2 Å². The van der Waals surface area contributed by atoms with Gasteiger partial charge in [0, 0.05) is 18.7 Å². The van der Waals surface area contributed by atoms with Crippen molar-refractivity contribution in [1.29, 1.82) is 5.26 Å². The fraction of sp³-hybridized carbons (Fsp3) is 0.241. The fourth-order valence-corrected chi connectivity index (χ4v) is 5.05. The summed E-state index contributed by atoms with van der Waals surface area (Å²) in [6.07, 6.45) is 2.87. The number of carbonyl (C=O) groups is 2. The lowest BCUT2D eigenvalue weighted by molar-refractivity contribution is -0.139. The predicted octanol–water partition coefficient (Wildman–Crippen LogP) is 3.08. The molecular formula is C29H27N5O6. The average molecular weight is 542 g/mol. The van der Waals surface area contributed by atoms with Crippen LogP contribution in [0.1, 0.15) is 11.5 Å². The van der Waals surface area contributed by atoms with Crippen molar-refractivity contribution in [3.8, 4) is 17.4 Å². The highest BCUT2D eigenvalue weighted by Crippen LogP contribution is 2.46. The molecule has 204 valence electrons. The van der Waals surface area contributed by atoms with E-state index in [4.69, 9.17) is 24.4 Å². The molecule has 0 amide bonds. The lowest BCUT2D eigenvalue weighted by Crippen LogP contribution is -2.42. The summed E-state index contributed by atoms with van der Waals surface area (Å²) in [7, 11) is 2.43. The molecule has 11 nitrogen and oxygen atoms in total. The van der Waals surface area contributed by atoms with Crippen LogP contribution in [0.25, 0.3) is 11.3 Å². The first-order valence-corrected chi connectivity index (χ1v) is 12.5. The number of oxazole rings is 1. The zero-order valence-corrected chi connectivity index (χ0v) is 22.0. The van der Waals surface area contributed by atoms with Crippen LogP contribution < -0.4 is 15.5 Å². The second-order valence-electron chi connectivity index (χ2n) is 9.00. The maximum Gasteiger partial charge on any atom is 0.355 e. The topological polar surface area (TPSA) is 144 Å². The van der Waals surface area contributed by atoms with Crippen LogP contribution in [0.5, 0.6) is 0 Å². The molecule has 0 bridgehead atoms. The van der Waals surface area contributed by atoms with Gasteiger partial charge in [-0.2, -0.15) is 5.26 Å². The van der Waals surface area contributed by atoms with Gasteiger partial charge in [-0.25, -0.2) is 14.6 Å². The number of rotatable bonds is 6. The van der Waals surface area contributed by atoms with Crippen LogP contribution in [0.3, 0.4) is 0 Å². The van der Waals surface area contributed by atoms with Gasteiger partial charge in [0.15, 0.2) is 12.2 Å². The van der Waals surface area contributed by atoms with Gasteiger partial charge in [-0.15, -0.1) is 0 Å². The van der Waals surface area contributed by atoms with Gasteiger partial charge in [-0.3, -0.25) is 4.90 Å². The van der Waals surface area contributed by atoms with Crippen LogP contribution in [0.4, 0.5) is 11.4 Å². The SMILES string of the molecule is COC(=O)C1=C(C(=O)OC)N(c2cc(-c3cnco3)ccc2N2CCOCC2)C(N)=C(C#N)C1c1ccccc1. The van der Waals surface area contributed by atoms with Crippen LogP contribution in [0.15, 0.2) is 88.2 Å². The molecule has 0 saturated carbocycles. The van der Waals surface area contributed by atoms with E-state index in [1.54, 1.807) is 36.5 Å². The number of ether oxygens (including phenoxy) is 3. The van der Waals surface area contributed by atoms with Crippen LogP contribution >= 0.6 is 0 Å². The number of nitrogens with zero attached hydrogens (tertiary/aromatic N) is 4. The molecule has 0 spiro atoms. The Bertz CT molecular complexity index is 1520. The average Bonchev–Trinajstić information content (AvgIpc) is 3.55. The number of methoxy groups -OCH3 is 2. The number of hydrogen-bond donors (Lipinski definition) is 1. The van der Waals surface area contributed by atoms with Crippen molar-refractivity contribution >= 4 is 23.3 Å². The minimum absolute atomic E-state index is 0.0198. The molecule has 1 unspecified atom stereocenters. The summed E-state index contributed by atoms with van der Waals surface area (Å²) in [5.74, 6) is -2.12. The third-order valence-corrected chi connectivity index (χ3v) is 6.90. The zero-order valence-electron chi connectivity index (χ0n) is 22.0. The van der Waals surface area contributed by atoms with E-state index < -0.39 is 17.9 Å². The van der Waals surface area contributed by atoms with Gasteiger partial charge in [-0.05, 0) is 23.8 Å². The molecular weight excluding hydrogens is 514 g/mol. The summed E-state index contributed by atoms with van der Waals surface area (Å²) in [6, 6.07) is 16.6. The van der Waals surface area contributed by atoms with Gasteiger partial charge in [0.2, 0.25) is 0 Å². The Morgan fingerprint density at radius 1 is 1.05 bits per heavy atom. The van der Waals surface area contributed by atoms with E-state index in [0.717, 1.165) is 0 Å². The first-order valence-electron chi connectivity index (χ1n) is 12.5. The first kappa shape index (κ1) is 26.5. The molecule has 1 fully saturated rings. The number of anilines is 2. The van der Waals surface area contributed by atoms with Crippen molar-refractivity contribution in [3.63, 3.8) is 0 Å². The summed E-state index contributed by atoms with van der Waals surface area (Å²) in [5, 5.41) is 10.4. The lowest BCUT2D eigenvalue weighted by atomic mass is 9.80. The van der Waals surface area contributed by atoms with Crippen LogP contribution in [0.2, 0.25) is 0 Å². The lowest BCUT2D eigenvalue weighted by Gasteiger charge is -2.39. The van der Waals surface area contributed by atoms with Gasteiger partial charge in [0.05, 0.1) is 68.1 Å². The van der Waals surface area contributed by atoms with Crippen molar-refractivity contribution in [2.24, 2.45) is 5.73 Å². The Hall–Kier alpha value is -5.08. The number of hydrogen-bond acceptors (Lipinski definition) is 11. The van der Waals surface area contributed by atoms with Crippen molar-refractivity contribution in [3.05, 3.63) is 89.3 Å². The summed E-state index contributed by atoms with van der Waals surface area (Å²) in [4.78, 5) is 34.5. The number of allylic oxidation sites excluding steroid dienone is 1. The maximum atomic E-state index is 13.5. The molecule has 3 heterocycles. The largest absolute Gasteiger partial charge is 0.466 e. The number of nitrogens with two attached hydrogens (primary N) is 1. The van der Waals surface area contributed by atoms with E-state index in [0.29, 0.717) is 54.6 Å². The van der Waals surface area contributed by atoms with Gasteiger partial charge >= 0.3 is 11.9 Å². The third-order valence-electron chi connectivity index (χ3n) is 6.90. The molecule has 1 saturated heterocycles. The number of nitriles is 1. The Balaban J connectivity index is 1.83. The maximum absolute atomic E-state index is 13.5. The van der Waals surface area contributed by atoms with E-state index in [-0.39, 0.29) is 22.7 Å². The van der Waals surface area contributed by atoms with Gasteiger partial charge in [0.1, 0.15) is 11.5 Å². The molecule has 3 aromatic rings. The number of benzene rings is 2. The molecule has 0 radical (unpaired) electrons. The molecule has 2 aromatic carbocycles. The standard InChI is InChI=1S/C29H27N5O6/c1-37-28(35)25-24(18-6-4-3-5-7-18)20(15-30)27(31)34(26(25)29(36)38-2)22-14-19(23-16-32-17-40-23)8-9-21(22)33-10-12-39-13-11-33/h3-9,14,16-17,24H,10-13,31H2,1-2H3. The molecule has 2 N–H and O–H groups in total. The molecule has 11 heteroatoms. The molecule has 5 rings (SSSR count). The summed E-state index contributed by atoms with van der Waals surface area (Å²) >= 11 is 0. The summed E-state index contributed by atoms with van der Waals surface area (Å²) < 4.78 is 21.4. The van der Waals surface area contributed by atoms with Crippen LogP contribution in [0, 0.1) is 11.3 Å². The summed E-state index contributed by atoms with van der Waals surface area (Å²) in [5.41, 5.74) is 9.00. The van der Waals surface area contributed by atoms with E-state index >= 15 is 0 Å². The van der Waals surface area contributed by atoms with E-state index in [2.05, 4.69) is 16.0 Å². The second-order valence-corrected chi connectivity index (χ2v) is 9.00. The van der Waals surface area contributed by atoms with E-state index in [9.17, 15) is 14.9 Å². The van der Waals surface area contributed by atoms with Crippen LogP contribution in [-0.4, -0.2) is 57.4 Å². The molecule has 1 aromatic heterocycles. The highest BCUT2D eigenvalue weighted by Gasteiger charge is 2.44. The molecule has 1 atom stereocenters. The van der Waals surface area contributed by atoms with Crippen LogP contribution in [-0.2, 0) is 23.8 Å². The monoisotopic (exact) mass is 541 g/mol. The second kappa shape index (κ2) is 11.3. The Labute approximate surface area is 230 Å². The zero-order chi connectivity index (χ0) is 28.2. The smallest absolute Gasteiger partial charge is 0.355 e. The molecule has 2 aliphatic heterocycles. The predicted molar refractivity (Wildman–Crippen MR) is 145 cm³/mol. The Morgan fingerprint density at radius 3 is 2.40 bits per heavy atom. The molecule has 0 aliphatic carbocycles. The van der Waals surface area contributed by atoms with E-state index in [1.165, 1.54) is 25.5 Å². The quantitative estimate of drug-likeness (QED) is 0.460.